The maximum Gasteiger partial charge on any atom is 0.242 e. The molecule has 5 heteroatoms. The van der Waals surface area contributed by atoms with Gasteiger partial charge in [-0.25, -0.2) is 0 Å². The summed E-state index contributed by atoms with van der Waals surface area (Å²) in [6.07, 6.45) is 0.762. The molecule has 2 aromatic rings. The number of methoxy groups -OCH3 is 1. The van der Waals surface area contributed by atoms with Crippen molar-refractivity contribution >= 4 is 11.8 Å². The van der Waals surface area contributed by atoms with Gasteiger partial charge in [-0.15, -0.1) is 0 Å². The van der Waals surface area contributed by atoms with Crippen molar-refractivity contribution in [2.75, 3.05) is 13.7 Å². The highest BCUT2D eigenvalue weighted by Gasteiger charge is 2.23. The predicted octanol–water partition coefficient (Wildman–Crippen LogP) is 2.79. The van der Waals surface area contributed by atoms with E-state index in [1.807, 2.05) is 54.6 Å². The maximum absolute atomic E-state index is 12.4. The lowest BCUT2D eigenvalue weighted by Crippen LogP contribution is -2.47. The first kappa shape index (κ1) is 19.5. The molecular formula is C21H26N2O3. The first-order valence-corrected chi connectivity index (χ1v) is 8.73. The van der Waals surface area contributed by atoms with E-state index in [9.17, 15) is 9.59 Å². The highest BCUT2D eigenvalue weighted by atomic mass is 16.5. The Morgan fingerprint density at radius 3 is 2.27 bits per heavy atom. The van der Waals surface area contributed by atoms with Gasteiger partial charge in [-0.05, 0) is 36.6 Å². The van der Waals surface area contributed by atoms with Gasteiger partial charge in [0.25, 0.3) is 0 Å². The largest absolute Gasteiger partial charge is 0.497 e. The third-order valence-electron chi connectivity index (χ3n) is 4.32. The second-order valence-corrected chi connectivity index (χ2v) is 6.20. The lowest BCUT2D eigenvalue weighted by Gasteiger charge is -2.27. The fourth-order valence-electron chi connectivity index (χ4n) is 2.71. The zero-order valence-corrected chi connectivity index (χ0v) is 15.6. The molecule has 0 unspecified atom stereocenters. The van der Waals surface area contributed by atoms with E-state index in [4.69, 9.17) is 4.74 Å². The summed E-state index contributed by atoms with van der Waals surface area (Å²) in [4.78, 5) is 26.0. The minimum atomic E-state index is -0.537. The second-order valence-electron chi connectivity index (χ2n) is 6.20. The highest BCUT2D eigenvalue weighted by molar-refractivity contribution is 5.86. The summed E-state index contributed by atoms with van der Waals surface area (Å²) in [5.74, 6) is 0.478. The molecule has 0 fully saturated rings. The van der Waals surface area contributed by atoms with Gasteiger partial charge in [0.1, 0.15) is 11.8 Å². The Morgan fingerprint density at radius 1 is 1.04 bits per heavy atom. The fourth-order valence-corrected chi connectivity index (χ4v) is 2.71. The standard InChI is InChI=1S/C21H26N2O3/c1-16(21(25)22-14-13-18-7-5-4-6-8-18)23(17(2)24)15-19-9-11-20(26-3)12-10-19/h4-12,16H,13-15H2,1-3H3,(H,22,25)/t16-/m0/s1. The van der Waals surface area contributed by atoms with Crippen molar-refractivity contribution in [3.63, 3.8) is 0 Å². The van der Waals surface area contributed by atoms with Crippen molar-refractivity contribution in [1.29, 1.82) is 0 Å². The topological polar surface area (TPSA) is 58.6 Å². The van der Waals surface area contributed by atoms with Crippen LogP contribution >= 0.6 is 0 Å². The number of hydrogen-bond acceptors (Lipinski definition) is 3. The number of carbonyl (C=O) groups excluding carboxylic acids is 2. The molecular weight excluding hydrogens is 328 g/mol. The number of rotatable bonds is 8. The number of amides is 2. The lowest BCUT2D eigenvalue weighted by atomic mass is 10.1. The minimum Gasteiger partial charge on any atom is -0.497 e. The van der Waals surface area contributed by atoms with E-state index in [0.717, 1.165) is 17.7 Å². The number of carbonyl (C=O) groups is 2. The van der Waals surface area contributed by atoms with Crippen LogP contribution in [0, 0.1) is 0 Å². The van der Waals surface area contributed by atoms with Crippen LogP contribution in [0.1, 0.15) is 25.0 Å². The number of nitrogens with zero attached hydrogens (tertiary/aromatic N) is 1. The zero-order chi connectivity index (χ0) is 18.9. The van der Waals surface area contributed by atoms with Crippen LogP contribution in [0.3, 0.4) is 0 Å². The van der Waals surface area contributed by atoms with Gasteiger partial charge in [-0.3, -0.25) is 9.59 Å². The molecule has 2 rings (SSSR count). The molecule has 0 aliphatic carbocycles. The third-order valence-corrected chi connectivity index (χ3v) is 4.32. The smallest absolute Gasteiger partial charge is 0.242 e. The maximum atomic E-state index is 12.4. The lowest BCUT2D eigenvalue weighted by molar-refractivity contribution is -0.138. The summed E-state index contributed by atoms with van der Waals surface area (Å²) >= 11 is 0. The van der Waals surface area contributed by atoms with E-state index in [0.29, 0.717) is 13.1 Å². The fraction of sp³-hybridized carbons (Fsp3) is 0.333. The molecule has 2 amide bonds. The first-order chi connectivity index (χ1) is 12.5. The van der Waals surface area contributed by atoms with Gasteiger partial charge in [-0.1, -0.05) is 42.5 Å². The van der Waals surface area contributed by atoms with E-state index in [2.05, 4.69) is 5.32 Å². The molecule has 0 saturated carbocycles. The quantitative estimate of drug-likeness (QED) is 0.793. The van der Waals surface area contributed by atoms with Crippen LogP contribution in [0.15, 0.2) is 54.6 Å². The van der Waals surface area contributed by atoms with Gasteiger partial charge < -0.3 is 15.0 Å². The molecule has 0 aliphatic heterocycles. The zero-order valence-electron chi connectivity index (χ0n) is 15.6. The molecule has 0 aromatic heterocycles. The Balaban J connectivity index is 1.92. The summed E-state index contributed by atoms with van der Waals surface area (Å²) < 4.78 is 5.14. The third kappa shape index (κ3) is 5.62. The van der Waals surface area contributed by atoms with E-state index in [1.165, 1.54) is 12.5 Å². The minimum absolute atomic E-state index is 0.133. The molecule has 0 heterocycles. The van der Waals surface area contributed by atoms with Gasteiger partial charge in [0, 0.05) is 20.0 Å². The second kappa shape index (κ2) is 9.61. The molecule has 0 saturated heterocycles. The van der Waals surface area contributed by atoms with Gasteiger partial charge in [0.15, 0.2) is 0 Å². The van der Waals surface area contributed by atoms with Crippen molar-refractivity contribution in [2.24, 2.45) is 0 Å². The Labute approximate surface area is 155 Å². The molecule has 1 atom stereocenters. The number of benzene rings is 2. The normalized spacial score (nSPS) is 11.5. The van der Waals surface area contributed by atoms with Crippen LogP contribution in [0.2, 0.25) is 0 Å². The average Bonchev–Trinajstić information content (AvgIpc) is 2.66. The average molecular weight is 354 g/mol. The molecule has 0 spiro atoms. The van der Waals surface area contributed by atoms with Crippen molar-refractivity contribution in [1.82, 2.24) is 10.2 Å². The summed E-state index contributed by atoms with van der Waals surface area (Å²) in [6, 6.07) is 16.9. The molecule has 138 valence electrons. The van der Waals surface area contributed by atoms with Gasteiger partial charge in [0.2, 0.25) is 11.8 Å². The predicted molar refractivity (Wildman–Crippen MR) is 102 cm³/mol. The highest BCUT2D eigenvalue weighted by Crippen LogP contribution is 2.14. The van der Waals surface area contributed by atoms with E-state index in [-0.39, 0.29) is 11.8 Å². The van der Waals surface area contributed by atoms with Crippen LogP contribution in [-0.4, -0.2) is 36.4 Å². The number of ether oxygens (including phenoxy) is 1. The molecule has 1 N–H and O–H groups in total. The molecule has 2 aromatic carbocycles. The van der Waals surface area contributed by atoms with Crippen LogP contribution in [0.25, 0.3) is 0 Å². The molecule has 0 aliphatic rings. The van der Waals surface area contributed by atoms with Crippen molar-refractivity contribution in [3.8, 4) is 5.75 Å². The van der Waals surface area contributed by atoms with Gasteiger partial charge in [-0.2, -0.15) is 0 Å². The molecule has 5 nitrogen and oxygen atoms in total. The summed E-state index contributed by atoms with van der Waals surface area (Å²) in [5, 5.41) is 2.92. The van der Waals surface area contributed by atoms with Crippen LogP contribution < -0.4 is 10.1 Å². The first-order valence-electron chi connectivity index (χ1n) is 8.73. The molecule has 0 bridgehead atoms. The number of hydrogen-bond donors (Lipinski definition) is 1. The summed E-state index contributed by atoms with van der Waals surface area (Å²) in [5.41, 5.74) is 2.12. The SMILES string of the molecule is COc1ccc(CN(C(C)=O)[C@@H](C)C(=O)NCCc2ccccc2)cc1. The van der Waals surface area contributed by atoms with Gasteiger partial charge in [0.05, 0.1) is 7.11 Å². The van der Waals surface area contributed by atoms with Crippen LogP contribution in [-0.2, 0) is 22.6 Å². The number of nitrogens with one attached hydrogen (secondary N) is 1. The Bertz CT molecular complexity index is 714. The van der Waals surface area contributed by atoms with E-state index < -0.39 is 6.04 Å². The Hall–Kier alpha value is -2.82. The Morgan fingerprint density at radius 2 is 1.69 bits per heavy atom. The monoisotopic (exact) mass is 354 g/mol. The summed E-state index contributed by atoms with van der Waals surface area (Å²) in [6.45, 7) is 4.16. The van der Waals surface area contributed by atoms with E-state index >= 15 is 0 Å². The van der Waals surface area contributed by atoms with Crippen molar-refractivity contribution in [3.05, 3.63) is 65.7 Å². The molecule has 0 radical (unpaired) electrons. The van der Waals surface area contributed by atoms with Crippen molar-refractivity contribution < 1.29 is 14.3 Å². The van der Waals surface area contributed by atoms with Crippen LogP contribution in [0.4, 0.5) is 0 Å². The van der Waals surface area contributed by atoms with Crippen molar-refractivity contribution in [2.45, 2.75) is 32.9 Å². The Kier molecular flexibility index (Phi) is 7.21. The van der Waals surface area contributed by atoms with E-state index in [1.54, 1.807) is 18.9 Å². The molecule has 26 heavy (non-hydrogen) atoms. The van der Waals surface area contributed by atoms with Crippen LogP contribution in [0.5, 0.6) is 5.75 Å². The van der Waals surface area contributed by atoms with Gasteiger partial charge >= 0.3 is 0 Å². The summed E-state index contributed by atoms with van der Waals surface area (Å²) in [7, 11) is 1.61.